The molecule has 0 fully saturated rings. The second-order valence-corrected chi connectivity index (χ2v) is 2.84. The molecule has 0 spiro atoms. The van der Waals surface area contributed by atoms with Gasteiger partial charge in [0.25, 0.3) is 0 Å². The molecule has 1 N–H and O–H groups in total. The predicted octanol–water partition coefficient (Wildman–Crippen LogP) is 2.21. The zero-order valence-electron chi connectivity index (χ0n) is 8.28. The van der Waals surface area contributed by atoms with Crippen molar-refractivity contribution in [2.45, 2.75) is 6.92 Å². The van der Waals surface area contributed by atoms with Crippen LogP contribution in [-0.4, -0.2) is 13.4 Å². The van der Waals surface area contributed by atoms with Crippen LogP contribution in [0.15, 0.2) is 36.0 Å². The molecule has 0 heterocycles. The van der Waals surface area contributed by atoms with Gasteiger partial charge in [0.15, 0.2) is 0 Å². The summed E-state index contributed by atoms with van der Waals surface area (Å²) in [5, 5.41) is 3.07. The molecule has 0 aliphatic heterocycles. The highest BCUT2D eigenvalue weighted by atomic mass is 16.5. The number of hydrogen-bond donors (Lipinski definition) is 1. The van der Waals surface area contributed by atoms with Crippen LogP contribution in [0.3, 0.4) is 0 Å². The van der Waals surface area contributed by atoms with E-state index in [-0.39, 0.29) is 0 Å². The molecule has 1 aromatic rings. The van der Waals surface area contributed by atoms with Crippen molar-refractivity contribution in [3.05, 3.63) is 36.0 Å². The lowest BCUT2D eigenvalue weighted by Gasteiger charge is -2.06. The summed E-state index contributed by atoms with van der Waals surface area (Å²) >= 11 is 0. The molecule has 0 saturated heterocycles. The first kappa shape index (κ1) is 10.3. The Bertz CT molecular complexity index is 328. The maximum Gasteiger partial charge on any atom is 0.144 e. The van der Waals surface area contributed by atoms with Crippen LogP contribution in [0.25, 0.3) is 0 Å². The number of benzene rings is 1. The number of carbonyl (C=O) groups excluding carboxylic acids is 1. The molecule has 0 amide bonds. The molecule has 0 atom stereocenters. The van der Waals surface area contributed by atoms with Crippen molar-refractivity contribution in [1.29, 1.82) is 0 Å². The largest absolute Gasteiger partial charge is 0.497 e. The molecule has 74 valence electrons. The quantitative estimate of drug-likeness (QED) is 0.585. The molecule has 0 radical (unpaired) electrons. The lowest BCUT2D eigenvalue weighted by molar-refractivity contribution is -0.104. The monoisotopic (exact) mass is 191 g/mol. The molecule has 3 heteroatoms. The predicted molar refractivity (Wildman–Crippen MR) is 56.4 cm³/mol. The highest BCUT2D eigenvalue weighted by Crippen LogP contribution is 2.16. The van der Waals surface area contributed by atoms with E-state index in [2.05, 4.69) is 5.32 Å². The number of ether oxygens (including phenoxy) is 1. The van der Waals surface area contributed by atoms with Gasteiger partial charge < -0.3 is 10.1 Å². The Morgan fingerprint density at radius 2 is 2.00 bits per heavy atom. The van der Waals surface area contributed by atoms with Gasteiger partial charge in [-0.25, -0.2) is 0 Å². The Morgan fingerprint density at radius 3 is 2.50 bits per heavy atom. The van der Waals surface area contributed by atoms with Crippen LogP contribution in [-0.2, 0) is 4.79 Å². The number of allylic oxidation sites excluding steroid dienone is 2. The van der Waals surface area contributed by atoms with E-state index in [1.54, 1.807) is 7.11 Å². The van der Waals surface area contributed by atoms with Gasteiger partial charge in [-0.05, 0) is 37.3 Å². The van der Waals surface area contributed by atoms with Gasteiger partial charge in [0, 0.05) is 11.4 Å². The number of nitrogens with one attached hydrogen (secondary N) is 1. The van der Waals surface area contributed by atoms with Gasteiger partial charge in [0.05, 0.1) is 7.11 Å². The van der Waals surface area contributed by atoms with Crippen LogP contribution < -0.4 is 10.1 Å². The van der Waals surface area contributed by atoms with Crippen LogP contribution in [0.5, 0.6) is 5.75 Å². The molecule has 0 bridgehead atoms. The molecule has 0 saturated carbocycles. The first-order valence-corrected chi connectivity index (χ1v) is 4.29. The summed E-state index contributed by atoms with van der Waals surface area (Å²) in [7, 11) is 1.62. The second-order valence-electron chi connectivity index (χ2n) is 2.84. The SMILES string of the molecule is COc1ccc(NC(C)=CC=O)cc1. The van der Waals surface area contributed by atoms with Crippen LogP contribution in [0, 0.1) is 0 Å². The number of hydrogen-bond acceptors (Lipinski definition) is 3. The fraction of sp³-hybridized carbons (Fsp3) is 0.182. The first-order valence-electron chi connectivity index (χ1n) is 4.29. The summed E-state index contributed by atoms with van der Waals surface area (Å²) in [5.74, 6) is 0.813. The van der Waals surface area contributed by atoms with Crippen molar-refractivity contribution in [3.8, 4) is 5.75 Å². The Kier molecular flexibility index (Phi) is 3.73. The third-order valence-electron chi connectivity index (χ3n) is 1.75. The molecule has 0 aliphatic rings. The molecule has 1 aromatic carbocycles. The molecular weight excluding hydrogens is 178 g/mol. The summed E-state index contributed by atoms with van der Waals surface area (Å²) in [5.41, 5.74) is 1.74. The molecule has 0 aromatic heterocycles. The van der Waals surface area contributed by atoms with Crippen molar-refractivity contribution >= 4 is 12.0 Å². The highest BCUT2D eigenvalue weighted by molar-refractivity contribution is 5.67. The zero-order valence-corrected chi connectivity index (χ0v) is 8.28. The maximum absolute atomic E-state index is 10.2. The number of rotatable bonds is 4. The van der Waals surface area contributed by atoms with Crippen LogP contribution >= 0.6 is 0 Å². The second kappa shape index (κ2) is 5.07. The number of carbonyl (C=O) groups is 1. The van der Waals surface area contributed by atoms with E-state index >= 15 is 0 Å². The van der Waals surface area contributed by atoms with Crippen molar-refractivity contribution in [1.82, 2.24) is 0 Å². The average Bonchev–Trinajstić information content (AvgIpc) is 2.19. The number of methoxy groups -OCH3 is 1. The first-order chi connectivity index (χ1) is 6.76. The maximum atomic E-state index is 10.2. The standard InChI is InChI=1S/C11H13NO2/c1-9(7-8-13)12-10-3-5-11(14-2)6-4-10/h3-8,12H,1-2H3. The fourth-order valence-electron chi connectivity index (χ4n) is 1.05. The van der Waals surface area contributed by atoms with Gasteiger partial charge in [-0.2, -0.15) is 0 Å². The smallest absolute Gasteiger partial charge is 0.144 e. The summed E-state index contributed by atoms with van der Waals surface area (Å²) in [6.45, 7) is 1.83. The molecule has 3 nitrogen and oxygen atoms in total. The topological polar surface area (TPSA) is 38.3 Å². The Morgan fingerprint density at radius 1 is 1.36 bits per heavy atom. The normalized spacial score (nSPS) is 10.9. The summed E-state index contributed by atoms with van der Waals surface area (Å²) in [4.78, 5) is 10.2. The minimum Gasteiger partial charge on any atom is -0.497 e. The van der Waals surface area contributed by atoms with Crippen LogP contribution in [0.1, 0.15) is 6.92 Å². The van der Waals surface area contributed by atoms with Crippen molar-refractivity contribution in [2.75, 3.05) is 12.4 Å². The summed E-state index contributed by atoms with van der Waals surface area (Å²) in [6.07, 6.45) is 2.23. The Labute approximate surface area is 83.4 Å². The minimum atomic E-state index is 0.756. The fourth-order valence-corrected chi connectivity index (χ4v) is 1.05. The van der Waals surface area contributed by atoms with E-state index in [0.717, 1.165) is 23.4 Å². The third kappa shape index (κ3) is 2.94. The van der Waals surface area contributed by atoms with Crippen LogP contribution in [0.2, 0.25) is 0 Å². The van der Waals surface area contributed by atoms with E-state index < -0.39 is 0 Å². The third-order valence-corrected chi connectivity index (χ3v) is 1.75. The highest BCUT2D eigenvalue weighted by Gasteiger charge is 1.93. The molecule has 0 aliphatic carbocycles. The zero-order chi connectivity index (χ0) is 10.4. The molecular formula is C11H13NO2. The lowest BCUT2D eigenvalue weighted by Crippen LogP contribution is -1.95. The van der Waals surface area contributed by atoms with Crippen LogP contribution in [0.4, 0.5) is 5.69 Å². The van der Waals surface area contributed by atoms with Gasteiger partial charge in [-0.15, -0.1) is 0 Å². The van der Waals surface area contributed by atoms with Crippen molar-refractivity contribution < 1.29 is 9.53 Å². The van der Waals surface area contributed by atoms with Gasteiger partial charge in [0.2, 0.25) is 0 Å². The molecule has 14 heavy (non-hydrogen) atoms. The van der Waals surface area contributed by atoms with Crippen molar-refractivity contribution in [3.63, 3.8) is 0 Å². The van der Waals surface area contributed by atoms with Gasteiger partial charge >= 0.3 is 0 Å². The Hall–Kier alpha value is -1.77. The lowest BCUT2D eigenvalue weighted by atomic mass is 10.3. The summed E-state index contributed by atoms with van der Waals surface area (Å²) < 4.78 is 5.02. The number of aldehydes is 1. The average molecular weight is 191 g/mol. The van der Waals surface area contributed by atoms with Gasteiger partial charge in [-0.3, -0.25) is 4.79 Å². The van der Waals surface area contributed by atoms with E-state index in [0.29, 0.717) is 0 Å². The van der Waals surface area contributed by atoms with Gasteiger partial charge in [-0.1, -0.05) is 0 Å². The minimum absolute atomic E-state index is 0.756. The van der Waals surface area contributed by atoms with E-state index in [1.807, 2.05) is 31.2 Å². The molecule has 1 rings (SSSR count). The molecule has 0 unspecified atom stereocenters. The Balaban J connectivity index is 2.68. The van der Waals surface area contributed by atoms with E-state index in [1.165, 1.54) is 6.08 Å². The van der Waals surface area contributed by atoms with E-state index in [9.17, 15) is 4.79 Å². The number of anilines is 1. The van der Waals surface area contributed by atoms with Gasteiger partial charge in [0.1, 0.15) is 12.0 Å². The van der Waals surface area contributed by atoms with Crippen molar-refractivity contribution in [2.24, 2.45) is 0 Å². The van der Waals surface area contributed by atoms with E-state index in [4.69, 9.17) is 4.74 Å². The summed E-state index contributed by atoms with van der Waals surface area (Å²) in [6, 6.07) is 7.50.